The Balaban J connectivity index is 0.000000239. The third-order valence-electron chi connectivity index (χ3n) is 4.39. The van der Waals surface area contributed by atoms with Crippen LogP contribution in [0, 0.1) is 0 Å². The number of hydrogen-bond acceptors (Lipinski definition) is 4. The van der Waals surface area contributed by atoms with E-state index in [-0.39, 0.29) is 11.7 Å². The maximum atomic E-state index is 13.1. The summed E-state index contributed by atoms with van der Waals surface area (Å²) in [5.41, 5.74) is -0.234. The summed E-state index contributed by atoms with van der Waals surface area (Å²) in [6.07, 6.45) is 0.451. The van der Waals surface area contributed by atoms with Crippen molar-refractivity contribution in [2.75, 3.05) is 13.7 Å². The van der Waals surface area contributed by atoms with Gasteiger partial charge in [-0.15, -0.1) is 0 Å². The van der Waals surface area contributed by atoms with E-state index in [1.165, 1.54) is 12.4 Å². The quantitative estimate of drug-likeness (QED) is 0.476. The van der Waals surface area contributed by atoms with E-state index in [0.717, 1.165) is 25.5 Å². The number of alkyl halides is 3. The van der Waals surface area contributed by atoms with Crippen LogP contribution in [0.25, 0.3) is 0 Å². The maximum Gasteiger partial charge on any atom is 0.416 e. The molecule has 1 aromatic heterocycles. The van der Waals surface area contributed by atoms with Gasteiger partial charge in [-0.2, -0.15) is 18.3 Å². The van der Waals surface area contributed by atoms with Crippen LogP contribution in [-0.2, 0) is 17.5 Å². The lowest BCUT2D eigenvalue weighted by Crippen LogP contribution is -2.08. The highest BCUT2D eigenvalue weighted by molar-refractivity contribution is 6.30. The van der Waals surface area contributed by atoms with Crippen molar-refractivity contribution in [1.29, 1.82) is 0 Å². The molecule has 160 valence electrons. The third kappa shape index (κ3) is 6.47. The molecule has 0 amide bonds. The van der Waals surface area contributed by atoms with E-state index in [4.69, 9.17) is 21.1 Å². The fraction of sp³-hybridized carbons (Fsp3) is 0.333. The van der Waals surface area contributed by atoms with Crippen LogP contribution in [0.2, 0.25) is 5.02 Å². The second kappa shape index (κ2) is 9.95. The smallest absolute Gasteiger partial charge is 0.416 e. The van der Waals surface area contributed by atoms with Crippen LogP contribution in [0.5, 0.6) is 11.5 Å². The molecule has 30 heavy (non-hydrogen) atoms. The second-order valence-electron chi connectivity index (χ2n) is 6.73. The lowest BCUT2D eigenvalue weighted by Gasteiger charge is -2.14. The standard InChI is InChI=1S/C16H12ClF3O.C5H9N3O/c17-11-3-5-12(6-4-11)21-13-7-8-14(10-1-2-10)15(9-13)16(18,19)20;1-9-3-2-8-5-6-4-7-8/h3-10H,1-2H2;4-5H,2-3H2,1H3. The summed E-state index contributed by atoms with van der Waals surface area (Å²) in [6.45, 7) is 1.46. The molecule has 0 saturated heterocycles. The molecular formula is C21H21ClF3N3O2. The zero-order valence-electron chi connectivity index (χ0n) is 16.3. The van der Waals surface area contributed by atoms with Crippen LogP contribution < -0.4 is 4.74 Å². The number of rotatable bonds is 6. The van der Waals surface area contributed by atoms with Crippen molar-refractivity contribution in [3.63, 3.8) is 0 Å². The number of methoxy groups -OCH3 is 1. The van der Waals surface area contributed by atoms with Gasteiger partial charge in [-0.1, -0.05) is 17.7 Å². The monoisotopic (exact) mass is 439 g/mol. The second-order valence-corrected chi connectivity index (χ2v) is 7.16. The summed E-state index contributed by atoms with van der Waals surface area (Å²) >= 11 is 5.76. The van der Waals surface area contributed by atoms with Crippen LogP contribution in [-0.4, -0.2) is 28.5 Å². The molecule has 0 radical (unpaired) electrons. The minimum absolute atomic E-state index is 0.0335. The summed E-state index contributed by atoms with van der Waals surface area (Å²) in [5.74, 6) is 0.659. The summed E-state index contributed by atoms with van der Waals surface area (Å²) in [4.78, 5) is 3.77. The molecule has 3 aromatic rings. The number of benzene rings is 2. The molecule has 0 aliphatic heterocycles. The van der Waals surface area contributed by atoms with E-state index >= 15 is 0 Å². The average molecular weight is 440 g/mol. The Hall–Kier alpha value is -2.58. The fourth-order valence-corrected chi connectivity index (χ4v) is 2.89. The molecular weight excluding hydrogens is 419 g/mol. The van der Waals surface area contributed by atoms with E-state index in [2.05, 4.69) is 10.1 Å². The molecule has 0 unspecified atom stereocenters. The predicted molar refractivity (Wildman–Crippen MR) is 107 cm³/mol. The van der Waals surface area contributed by atoms with Crippen molar-refractivity contribution in [3.05, 3.63) is 71.3 Å². The number of hydrogen-bond donors (Lipinski definition) is 0. The molecule has 0 atom stereocenters. The number of nitrogens with zero attached hydrogens (tertiary/aromatic N) is 3. The van der Waals surface area contributed by atoms with E-state index in [1.54, 1.807) is 48.5 Å². The number of halogens is 4. The van der Waals surface area contributed by atoms with Crippen molar-refractivity contribution >= 4 is 11.6 Å². The molecule has 0 N–H and O–H groups in total. The van der Waals surface area contributed by atoms with E-state index in [9.17, 15) is 13.2 Å². The van der Waals surface area contributed by atoms with Crippen LogP contribution >= 0.6 is 11.6 Å². The van der Waals surface area contributed by atoms with Crippen molar-refractivity contribution in [3.8, 4) is 11.5 Å². The molecule has 5 nitrogen and oxygen atoms in total. The lowest BCUT2D eigenvalue weighted by atomic mass is 10.0. The highest BCUT2D eigenvalue weighted by atomic mass is 35.5. The molecule has 1 fully saturated rings. The van der Waals surface area contributed by atoms with Crippen LogP contribution in [0.4, 0.5) is 13.2 Å². The van der Waals surface area contributed by atoms with Gasteiger partial charge in [-0.25, -0.2) is 4.98 Å². The third-order valence-corrected chi connectivity index (χ3v) is 4.64. The Morgan fingerprint density at radius 1 is 1.10 bits per heavy atom. The highest BCUT2D eigenvalue weighted by Crippen LogP contribution is 2.47. The Kier molecular flexibility index (Phi) is 7.33. The van der Waals surface area contributed by atoms with Gasteiger partial charge in [0.05, 0.1) is 18.7 Å². The van der Waals surface area contributed by atoms with E-state index in [1.807, 2.05) is 0 Å². The van der Waals surface area contributed by atoms with Gasteiger partial charge in [0.25, 0.3) is 0 Å². The SMILES string of the molecule is COCCn1cncn1.FC(F)(F)c1cc(Oc2ccc(Cl)cc2)ccc1C1CC1. The Bertz CT molecular complexity index is 928. The van der Waals surface area contributed by atoms with Crippen molar-refractivity contribution in [1.82, 2.24) is 14.8 Å². The zero-order chi connectivity index (χ0) is 21.6. The van der Waals surface area contributed by atoms with Crippen molar-refractivity contribution < 1.29 is 22.6 Å². The largest absolute Gasteiger partial charge is 0.457 e. The molecule has 1 aliphatic rings. The lowest BCUT2D eigenvalue weighted by molar-refractivity contribution is -0.138. The first-order chi connectivity index (χ1) is 14.4. The Morgan fingerprint density at radius 2 is 1.80 bits per heavy atom. The molecule has 9 heteroatoms. The van der Waals surface area contributed by atoms with Gasteiger partial charge in [0.2, 0.25) is 0 Å². The van der Waals surface area contributed by atoms with E-state index < -0.39 is 11.7 Å². The van der Waals surface area contributed by atoms with Gasteiger partial charge in [0, 0.05) is 12.1 Å². The molecule has 1 heterocycles. The van der Waals surface area contributed by atoms with Crippen molar-refractivity contribution in [2.45, 2.75) is 31.5 Å². The van der Waals surface area contributed by atoms with Gasteiger partial charge in [-0.05, 0) is 60.7 Å². The number of aromatic nitrogens is 3. The number of ether oxygens (including phenoxy) is 2. The van der Waals surface area contributed by atoms with Crippen molar-refractivity contribution in [2.24, 2.45) is 0 Å². The van der Waals surface area contributed by atoms with Crippen LogP contribution in [0.1, 0.15) is 29.9 Å². The maximum absolute atomic E-state index is 13.1. The van der Waals surface area contributed by atoms with Gasteiger partial charge in [0.1, 0.15) is 24.2 Å². The normalized spacial score (nSPS) is 13.5. The Labute approximate surface area is 177 Å². The summed E-state index contributed by atoms with van der Waals surface area (Å²) < 4.78 is 51.4. The van der Waals surface area contributed by atoms with Gasteiger partial charge in [-0.3, -0.25) is 4.68 Å². The van der Waals surface area contributed by atoms with Crippen LogP contribution in [0.3, 0.4) is 0 Å². The summed E-state index contributed by atoms with van der Waals surface area (Å²) in [7, 11) is 1.66. The molecule has 1 aliphatic carbocycles. The van der Waals surface area contributed by atoms with Gasteiger partial charge >= 0.3 is 6.18 Å². The molecule has 1 saturated carbocycles. The topological polar surface area (TPSA) is 49.2 Å². The van der Waals surface area contributed by atoms with Crippen LogP contribution in [0.15, 0.2) is 55.1 Å². The average Bonchev–Trinajstić information content (AvgIpc) is 3.43. The first-order valence-corrected chi connectivity index (χ1v) is 9.70. The first-order valence-electron chi connectivity index (χ1n) is 9.32. The molecule has 0 bridgehead atoms. The van der Waals surface area contributed by atoms with E-state index in [0.29, 0.717) is 22.9 Å². The Morgan fingerprint density at radius 3 is 2.37 bits per heavy atom. The summed E-state index contributed by atoms with van der Waals surface area (Å²) in [6, 6.07) is 10.7. The molecule has 4 rings (SSSR count). The van der Waals surface area contributed by atoms with Gasteiger partial charge in [0.15, 0.2) is 0 Å². The zero-order valence-corrected chi connectivity index (χ0v) is 17.0. The van der Waals surface area contributed by atoms with Gasteiger partial charge < -0.3 is 9.47 Å². The molecule has 2 aromatic carbocycles. The minimum Gasteiger partial charge on any atom is -0.457 e. The fourth-order valence-electron chi connectivity index (χ4n) is 2.77. The predicted octanol–water partition coefficient (Wildman–Crippen LogP) is 5.95. The molecule has 0 spiro atoms. The summed E-state index contributed by atoms with van der Waals surface area (Å²) in [5, 5.41) is 4.42. The minimum atomic E-state index is -4.36. The first kappa shape index (κ1) is 22.1. The highest BCUT2D eigenvalue weighted by Gasteiger charge is 2.38.